The van der Waals surface area contributed by atoms with E-state index in [0.717, 1.165) is 0 Å². The molecule has 8 nitrogen and oxygen atoms in total. The van der Waals surface area contributed by atoms with Crippen LogP contribution in [-0.2, 0) is 14.9 Å². The van der Waals surface area contributed by atoms with E-state index in [1.165, 1.54) is 18.2 Å². The summed E-state index contributed by atoms with van der Waals surface area (Å²) in [4.78, 5) is 26.3. The highest BCUT2D eigenvalue weighted by molar-refractivity contribution is 7.85. The first kappa shape index (κ1) is 16.7. The molecule has 0 spiro atoms. The molecule has 3 aromatic rings. The van der Waals surface area contributed by atoms with Gasteiger partial charge in [-0.25, -0.2) is 0 Å². The SMILES string of the molecule is CCC(=O)O.O=c1[nH]c2ccc(S(=O)(=O)O)cc2c2cc[nH]c12. The molecule has 23 heavy (non-hydrogen) atoms. The summed E-state index contributed by atoms with van der Waals surface area (Å²) in [6, 6.07) is 5.70. The van der Waals surface area contributed by atoms with Gasteiger partial charge in [0.2, 0.25) is 0 Å². The number of hydrogen-bond donors (Lipinski definition) is 4. The molecule has 0 fully saturated rings. The van der Waals surface area contributed by atoms with Gasteiger partial charge in [-0.1, -0.05) is 6.92 Å². The zero-order valence-corrected chi connectivity index (χ0v) is 12.8. The topological polar surface area (TPSA) is 140 Å². The number of nitrogens with one attached hydrogen (secondary N) is 2. The lowest BCUT2D eigenvalue weighted by molar-refractivity contribution is -0.136. The van der Waals surface area contributed by atoms with Crippen LogP contribution in [0.25, 0.3) is 21.8 Å². The third-order valence-electron chi connectivity index (χ3n) is 3.10. The van der Waals surface area contributed by atoms with Gasteiger partial charge < -0.3 is 15.1 Å². The lowest BCUT2D eigenvalue weighted by Gasteiger charge is -2.02. The molecule has 0 amide bonds. The first-order valence-electron chi connectivity index (χ1n) is 6.56. The third-order valence-corrected chi connectivity index (χ3v) is 3.95. The predicted octanol–water partition coefficient (Wildman–Crippen LogP) is 1.74. The molecule has 4 N–H and O–H groups in total. The quantitative estimate of drug-likeness (QED) is 0.525. The molecular formula is C14H14N2O6S. The summed E-state index contributed by atoms with van der Waals surface area (Å²) in [6.07, 6.45) is 1.82. The summed E-state index contributed by atoms with van der Waals surface area (Å²) in [5, 5.41) is 8.89. The Morgan fingerprint density at radius 1 is 1.22 bits per heavy atom. The molecule has 1 aromatic carbocycles. The van der Waals surface area contributed by atoms with E-state index < -0.39 is 16.1 Å². The van der Waals surface area contributed by atoms with Crippen molar-refractivity contribution in [3.63, 3.8) is 0 Å². The molecule has 0 saturated carbocycles. The smallest absolute Gasteiger partial charge is 0.303 e. The minimum atomic E-state index is -4.26. The molecule has 9 heteroatoms. The van der Waals surface area contributed by atoms with Crippen LogP contribution in [0.1, 0.15) is 13.3 Å². The van der Waals surface area contributed by atoms with Gasteiger partial charge in [0.15, 0.2) is 0 Å². The van der Waals surface area contributed by atoms with Gasteiger partial charge >= 0.3 is 5.97 Å². The van der Waals surface area contributed by atoms with Crippen molar-refractivity contribution in [2.75, 3.05) is 0 Å². The molecule has 2 aromatic heterocycles. The van der Waals surface area contributed by atoms with Gasteiger partial charge in [0.05, 0.1) is 4.90 Å². The highest BCUT2D eigenvalue weighted by atomic mass is 32.2. The molecule has 0 atom stereocenters. The number of aliphatic carboxylic acids is 1. The number of benzene rings is 1. The number of fused-ring (bicyclic) bond motifs is 3. The second-order valence-electron chi connectivity index (χ2n) is 4.65. The van der Waals surface area contributed by atoms with Gasteiger partial charge in [0.25, 0.3) is 15.7 Å². The Morgan fingerprint density at radius 3 is 2.43 bits per heavy atom. The maximum absolute atomic E-state index is 11.7. The average Bonchev–Trinajstić information content (AvgIpc) is 2.97. The lowest BCUT2D eigenvalue weighted by atomic mass is 10.1. The molecule has 0 aliphatic heterocycles. The summed E-state index contributed by atoms with van der Waals surface area (Å²) < 4.78 is 31.2. The number of H-pyrrole nitrogens is 2. The van der Waals surface area contributed by atoms with Gasteiger partial charge in [-0.2, -0.15) is 8.42 Å². The fourth-order valence-corrected chi connectivity index (χ4v) is 2.49. The highest BCUT2D eigenvalue weighted by Crippen LogP contribution is 2.23. The molecule has 2 heterocycles. The van der Waals surface area contributed by atoms with Crippen molar-refractivity contribution in [3.05, 3.63) is 40.8 Å². The van der Waals surface area contributed by atoms with Crippen LogP contribution in [0.2, 0.25) is 0 Å². The second kappa shape index (κ2) is 6.23. The van der Waals surface area contributed by atoms with Crippen molar-refractivity contribution in [3.8, 4) is 0 Å². The monoisotopic (exact) mass is 338 g/mol. The highest BCUT2D eigenvalue weighted by Gasteiger charge is 2.12. The van der Waals surface area contributed by atoms with E-state index in [1.54, 1.807) is 19.2 Å². The van der Waals surface area contributed by atoms with E-state index in [4.69, 9.17) is 9.66 Å². The number of aromatic nitrogens is 2. The van der Waals surface area contributed by atoms with E-state index >= 15 is 0 Å². The van der Waals surface area contributed by atoms with Crippen molar-refractivity contribution < 1.29 is 22.9 Å². The molecular weight excluding hydrogens is 324 g/mol. The molecule has 0 aliphatic rings. The van der Waals surface area contributed by atoms with E-state index in [0.29, 0.717) is 21.8 Å². The summed E-state index contributed by atoms with van der Waals surface area (Å²) in [5.74, 6) is -0.745. The molecule has 0 radical (unpaired) electrons. The Labute approximate surface area is 130 Å². The van der Waals surface area contributed by atoms with Crippen LogP contribution in [0.5, 0.6) is 0 Å². The lowest BCUT2D eigenvalue weighted by Crippen LogP contribution is -2.06. The van der Waals surface area contributed by atoms with Gasteiger partial charge in [-0.3, -0.25) is 14.1 Å². The van der Waals surface area contributed by atoms with Crippen molar-refractivity contribution in [2.45, 2.75) is 18.2 Å². The minimum absolute atomic E-state index is 0.204. The molecule has 0 aliphatic carbocycles. The first-order valence-corrected chi connectivity index (χ1v) is 8.00. The van der Waals surface area contributed by atoms with Crippen LogP contribution >= 0.6 is 0 Å². The van der Waals surface area contributed by atoms with E-state index in [9.17, 15) is 18.0 Å². The Balaban J connectivity index is 0.000000338. The zero-order valence-electron chi connectivity index (χ0n) is 12.0. The van der Waals surface area contributed by atoms with Crippen LogP contribution in [0.4, 0.5) is 0 Å². The van der Waals surface area contributed by atoms with Crippen LogP contribution in [0.3, 0.4) is 0 Å². The standard InChI is InChI=1S/C11H8N2O4S.C3H6O2/c14-11-10-7(3-4-12-10)8-5-6(18(15,16)17)1-2-9(8)13-11;1-2-3(4)5/h1-5,12H,(H,13,14)(H,15,16,17);2H2,1H3,(H,4,5). The Hall–Kier alpha value is -2.65. The number of carbonyl (C=O) groups is 1. The second-order valence-corrected chi connectivity index (χ2v) is 6.07. The summed E-state index contributed by atoms with van der Waals surface area (Å²) in [6.45, 7) is 1.60. The Kier molecular flexibility index (Phi) is 4.52. The molecule has 0 bridgehead atoms. The van der Waals surface area contributed by atoms with Gasteiger partial charge in [0, 0.05) is 28.9 Å². The summed E-state index contributed by atoms with van der Waals surface area (Å²) in [7, 11) is -4.26. The van der Waals surface area contributed by atoms with Crippen molar-refractivity contribution >= 4 is 37.9 Å². The molecule has 122 valence electrons. The van der Waals surface area contributed by atoms with Crippen LogP contribution < -0.4 is 5.56 Å². The maximum Gasteiger partial charge on any atom is 0.303 e. The van der Waals surface area contributed by atoms with E-state index in [1.807, 2.05) is 0 Å². The predicted molar refractivity (Wildman–Crippen MR) is 84.2 cm³/mol. The fourth-order valence-electron chi connectivity index (χ4n) is 1.98. The number of carboxylic acids is 1. The zero-order chi connectivity index (χ0) is 17.2. The number of aromatic amines is 2. The first-order chi connectivity index (χ1) is 10.7. The summed E-state index contributed by atoms with van der Waals surface area (Å²) >= 11 is 0. The number of hydrogen-bond acceptors (Lipinski definition) is 4. The minimum Gasteiger partial charge on any atom is -0.481 e. The van der Waals surface area contributed by atoms with Crippen molar-refractivity contribution in [1.82, 2.24) is 9.97 Å². The molecule has 0 unspecified atom stereocenters. The van der Waals surface area contributed by atoms with Crippen molar-refractivity contribution in [2.24, 2.45) is 0 Å². The molecule has 0 saturated heterocycles. The number of carboxylic acid groups (broad SMARTS) is 1. The Bertz CT molecular complexity index is 1030. The number of pyridine rings is 1. The largest absolute Gasteiger partial charge is 0.481 e. The normalized spacial score (nSPS) is 11.2. The Morgan fingerprint density at radius 2 is 1.87 bits per heavy atom. The van der Waals surface area contributed by atoms with Gasteiger partial charge in [-0.15, -0.1) is 0 Å². The van der Waals surface area contributed by atoms with E-state index in [2.05, 4.69) is 9.97 Å². The fraction of sp³-hybridized carbons (Fsp3) is 0.143. The van der Waals surface area contributed by atoms with Crippen LogP contribution in [0.15, 0.2) is 40.2 Å². The van der Waals surface area contributed by atoms with Crippen LogP contribution in [-0.4, -0.2) is 34.0 Å². The number of rotatable bonds is 2. The average molecular weight is 338 g/mol. The van der Waals surface area contributed by atoms with Gasteiger partial charge in [-0.05, 0) is 24.3 Å². The van der Waals surface area contributed by atoms with Crippen molar-refractivity contribution in [1.29, 1.82) is 0 Å². The van der Waals surface area contributed by atoms with Gasteiger partial charge in [0.1, 0.15) is 5.52 Å². The molecule has 3 rings (SSSR count). The van der Waals surface area contributed by atoms with E-state index in [-0.39, 0.29) is 16.9 Å². The maximum atomic E-state index is 11.7. The summed E-state index contributed by atoms with van der Waals surface area (Å²) in [5.41, 5.74) is 0.608. The van der Waals surface area contributed by atoms with Crippen LogP contribution in [0, 0.1) is 0 Å². The third kappa shape index (κ3) is 3.58.